The summed E-state index contributed by atoms with van der Waals surface area (Å²) in [4.78, 5) is 1.31. The molecule has 33 heavy (non-hydrogen) atoms. The summed E-state index contributed by atoms with van der Waals surface area (Å²) in [6, 6.07) is 10.1. The molecule has 174 valence electrons. The Morgan fingerprint density at radius 1 is 1.03 bits per heavy atom. The Balaban J connectivity index is 1.56. The molecule has 0 radical (unpaired) electrons. The minimum absolute atomic E-state index is 0.347. The Bertz CT molecular complexity index is 1310. The largest absolute Gasteiger partial charge is 0.618 e. The van der Waals surface area contributed by atoms with Crippen LogP contribution in [0, 0.1) is 17.0 Å². The first kappa shape index (κ1) is 22.0. The van der Waals surface area contributed by atoms with E-state index in [9.17, 15) is 26.8 Å². The number of halogens is 3. The fraction of sp³-hybridized carbons (Fsp3) is 0.348. The van der Waals surface area contributed by atoms with Crippen LogP contribution in [0.1, 0.15) is 12.0 Å². The average molecular weight is 478 g/mol. The number of piperidine rings is 1. The summed E-state index contributed by atoms with van der Waals surface area (Å²) in [5.74, 6) is 1.04. The molecular weight excluding hydrogens is 455 g/mol. The number of alkyl halides is 3. The average Bonchev–Trinajstić information content (AvgIpc) is 3.22. The van der Waals surface area contributed by atoms with Crippen LogP contribution in [0.5, 0.6) is 0 Å². The van der Waals surface area contributed by atoms with E-state index in [0.717, 1.165) is 62.7 Å². The Morgan fingerprint density at radius 2 is 1.79 bits per heavy atom. The lowest BCUT2D eigenvalue weighted by atomic mass is 9.90. The molecule has 5 rings (SSSR count). The number of rotatable bonds is 3. The van der Waals surface area contributed by atoms with Gasteiger partial charge < -0.3 is 15.4 Å². The number of anilines is 1. The Kier molecular flexibility index (Phi) is 5.24. The molecule has 2 unspecified atom stereocenters. The van der Waals surface area contributed by atoms with Gasteiger partial charge in [-0.1, -0.05) is 12.1 Å². The number of para-hydroxylation sites is 1. The van der Waals surface area contributed by atoms with Crippen molar-refractivity contribution in [2.75, 3.05) is 31.1 Å². The first-order valence-corrected chi connectivity index (χ1v) is 12.2. The summed E-state index contributed by atoms with van der Waals surface area (Å²) < 4.78 is 65.9. The second-order valence-corrected chi connectivity index (χ2v) is 10.6. The Morgan fingerprint density at radius 3 is 2.55 bits per heavy atom. The fourth-order valence-electron chi connectivity index (χ4n) is 4.92. The lowest BCUT2D eigenvalue weighted by Crippen LogP contribution is -2.35. The van der Waals surface area contributed by atoms with Crippen molar-refractivity contribution >= 4 is 26.4 Å². The highest BCUT2D eigenvalue weighted by Gasteiger charge is 2.36. The van der Waals surface area contributed by atoms with E-state index in [2.05, 4.69) is 10.2 Å². The number of nitrogens with zero attached hydrogens (tertiary/aromatic N) is 2. The molecule has 2 atom stereocenters. The van der Waals surface area contributed by atoms with Crippen LogP contribution >= 0.6 is 0 Å². The highest BCUT2D eigenvalue weighted by atomic mass is 32.2. The zero-order valence-electron chi connectivity index (χ0n) is 17.5. The van der Waals surface area contributed by atoms with E-state index >= 15 is 0 Å². The Hall–Kier alpha value is -2.85. The van der Waals surface area contributed by atoms with E-state index in [1.165, 1.54) is 6.07 Å². The molecule has 0 aliphatic carbocycles. The summed E-state index contributed by atoms with van der Waals surface area (Å²) in [5, 5.41) is 16.8. The van der Waals surface area contributed by atoms with E-state index in [-0.39, 0.29) is 4.90 Å². The van der Waals surface area contributed by atoms with Gasteiger partial charge in [0.25, 0.3) is 0 Å². The molecule has 2 aromatic carbocycles. The van der Waals surface area contributed by atoms with Gasteiger partial charge in [0.2, 0.25) is 15.4 Å². The maximum atomic E-state index is 13.1. The standard InChI is InChI=1S/C23H22F3N3O3S/c24-23(25,26)18-4-2-5-19(10-18)33(31,32)20-9-15-3-1-6-21(22(15)29(30)14-20)28-12-16-7-8-27-11-17(16)13-28/h1-6,9-10,14,16-17,27H,7-8,11-13H2. The van der Waals surface area contributed by atoms with Gasteiger partial charge in [0, 0.05) is 13.1 Å². The van der Waals surface area contributed by atoms with E-state index in [1.54, 1.807) is 12.1 Å². The summed E-state index contributed by atoms with van der Waals surface area (Å²) in [5.41, 5.74) is 0.0265. The van der Waals surface area contributed by atoms with Crippen LogP contribution in [0.25, 0.3) is 10.9 Å². The number of hydrogen-bond donors (Lipinski definition) is 1. The first-order valence-electron chi connectivity index (χ1n) is 10.7. The molecule has 0 bridgehead atoms. The molecule has 0 saturated carbocycles. The van der Waals surface area contributed by atoms with Crippen molar-refractivity contribution in [1.29, 1.82) is 0 Å². The van der Waals surface area contributed by atoms with Crippen LogP contribution < -0.4 is 14.9 Å². The van der Waals surface area contributed by atoms with Crippen LogP contribution in [-0.4, -0.2) is 34.6 Å². The number of pyridine rings is 1. The molecule has 0 amide bonds. The zero-order valence-corrected chi connectivity index (χ0v) is 18.4. The molecule has 0 spiro atoms. The molecule has 1 N–H and O–H groups in total. The quantitative estimate of drug-likeness (QED) is 0.463. The number of nitrogens with one attached hydrogen (secondary N) is 1. The van der Waals surface area contributed by atoms with Gasteiger partial charge in [-0.25, -0.2) is 8.42 Å². The van der Waals surface area contributed by atoms with Crippen LogP contribution in [-0.2, 0) is 16.0 Å². The third kappa shape index (κ3) is 3.91. The van der Waals surface area contributed by atoms with Crippen LogP contribution in [0.2, 0.25) is 0 Å². The van der Waals surface area contributed by atoms with Crippen molar-refractivity contribution in [2.45, 2.75) is 22.4 Å². The number of hydrogen-bond acceptors (Lipinski definition) is 5. The summed E-state index contributed by atoms with van der Waals surface area (Å²) in [7, 11) is -4.33. The van der Waals surface area contributed by atoms with E-state index in [0.29, 0.717) is 33.5 Å². The first-order chi connectivity index (χ1) is 15.6. The van der Waals surface area contributed by atoms with E-state index < -0.39 is 26.5 Å². The number of benzene rings is 2. The van der Waals surface area contributed by atoms with Crippen molar-refractivity contribution in [1.82, 2.24) is 5.32 Å². The van der Waals surface area contributed by atoms with Crippen LogP contribution in [0.4, 0.5) is 18.9 Å². The van der Waals surface area contributed by atoms with Gasteiger partial charge in [-0.15, -0.1) is 0 Å². The Labute approximate surface area is 189 Å². The predicted octanol–water partition coefficient (Wildman–Crippen LogP) is 3.37. The van der Waals surface area contributed by atoms with Gasteiger partial charge in [0.1, 0.15) is 10.6 Å². The zero-order chi connectivity index (χ0) is 23.4. The lowest BCUT2D eigenvalue weighted by Gasteiger charge is -2.23. The van der Waals surface area contributed by atoms with Crippen LogP contribution in [0.3, 0.4) is 0 Å². The van der Waals surface area contributed by atoms with Gasteiger partial charge in [-0.05, 0) is 67.7 Å². The van der Waals surface area contributed by atoms with Gasteiger partial charge in [0.05, 0.1) is 15.8 Å². The monoisotopic (exact) mass is 477 g/mol. The number of aromatic nitrogens is 1. The third-order valence-corrected chi connectivity index (χ3v) is 8.32. The second-order valence-electron chi connectivity index (χ2n) is 8.66. The molecule has 1 aromatic heterocycles. The minimum Gasteiger partial charge on any atom is -0.618 e. The normalized spacial score (nSPS) is 21.4. The molecule has 10 heteroatoms. The molecule has 2 aliphatic heterocycles. The van der Waals surface area contributed by atoms with Gasteiger partial charge in [-0.2, -0.15) is 17.9 Å². The molecule has 2 fully saturated rings. The molecule has 3 aromatic rings. The third-order valence-electron chi connectivity index (χ3n) is 6.61. The molecule has 2 aliphatic rings. The van der Waals surface area contributed by atoms with Crippen molar-refractivity contribution in [3.8, 4) is 0 Å². The highest BCUT2D eigenvalue weighted by molar-refractivity contribution is 7.91. The molecule has 2 saturated heterocycles. The van der Waals surface area contributed by atoms with Crippen molar-refractivity contribution in [3.63, 3.8) is 0 Å². The van der Waals surface area contributed by atoms with E-state index in [1.807, 2.05) is 6.07 Å². The summed E-state index contributed by atoms with van der Waals surface area (Å²) in [6.07, 6.45) is -2.67. The summed E-state index contributed by atoms with van der Waals surface area (Å²) in [6.45, 7) is 3.54. The van der Waals surface area contributed by atoms with Crippen molar-refractivity contribution in [3.05, 3.63) is 65.5 Å². The molecule has 6 nitrogen and oxygen atoms in total. The lowest BCUT2D eigenvalue weighted by molar-refractivity contribution is -0.578. The van der Waals surface area contributed by atoms with Gasteiger partial charge in [0.15, 0.2) is 6.20 Å². The van der Waals surface area contributed by atoms with Gasteiger partial charge in [-0.3, -0.25) is 0 Å². The second kappa shape index (κ2) is 7.88. The number of fused-ring (bicyclic) bond motifs is 2. The maximum absolute atomic E-state index is 13.1. The summed E-state index contributed by atoms with van der Waals surface area (Å²) >= 11 is 0. The minimum atomic E-state index is -4.68. The SMILES string of the molecule is O=S(=O)(c1cccc(C(F)(F)F)c1)c1cc2cccc(N3CC4CCNCC4C3)c2[n+]([O-])c1. The highest BCUT2D eigenvalue weighted by Crippen LogP contribution is 2.36. The van der Waals surface area contributed by atoms with Gasteiger partial charge >= 0.3 is 6.18 Å². The van der Waals surface area contributed by atoms with Crippen LogP contribution in [0.15, 0.2) is 64.5 Å². The maximum Gasteiger partial charge on any atom is 0.416 e. The molecular formula is C23H22F3N3O3S. The number of sulfone groups is 1. The topological polar surface area (TPSA) is 76.4 Å². The molecule has 3 heterocycles. The van der Waals surface area contributed by atoms with Crippen molar-refractivity contribution < 1.29 is 26.3 Å². The fourth-order valence-corrected chi connectivity index (χ4v) is 6.25. The van der Waals surface area contributed by atoms with E-state index in [4.69, 9.17) is 0 Å². The smallest absolute Gasteiger partial charge is 0.416 e. The predicted molar refractivity (Wildman–Crippen MR) is 116 cm³/mol. The van der Waals surface area contributed by atoms with Crippen molar-refractivity contribution in [2.24, 2.45) is 11.8 Å².